The summed E-state index contributed by atoms with van der Waals surface area (Å²) in [6.07, 6.45) is 0. The summed E-state index contributed by atoms with van der Waals surface area (Å²) in [7, 11) is 0. The number of phenols is 1. The molecule has 0 saturated carbocycles. The molecule has 0 radical (unpaired) electrons. The van der Waals surface area contributed by atoms with Gasteiger partial charge in [-0.05, 0) is 29.1 Å². The lowest BCUT2D eigenvalue weighted by Crippen LogP contribution is -1.99. The second kappa shape index (κ2) is 5.77. The van der Waals surface area contributed by atoms with Crippen LogP contribution in [0.15, 0.2) is 60.7 Å². The van der Waals surface area contributed by atoms with Gasteiger partial charge in [0.15, 0.2) is 0 Å². The fraction of sp³-hybridized carbons (Fsp3) is 0.0556. The van der Waals surface area contributed by atoms with Crippen LogP contribution in [-0.4, -0.2) is 16.2 Å². The number of carboxylic acid groups (broad SMARTS) is 1. The number of rotatable bonds is 4. The summed E-state index contributed by atoms with van der Waals surface area (Å²) >= 11 is 0. The van der Waals surface area contributed by atoms with E-state index in [-0.39, 0.29) is 11.3 Å². The van der Waals surface area contributed by atoms with Crippen LogP contribution < -0.4 is 4.74 Å². The van der Waals surface area contributed by atoms with Gasteiger partial charge in [-0.25, -0.2) is 4.79 Å². The number of fused-ring (bicyclic) bond motifs is 1. The molecule has 0 spiro atoms. The molecule has 0 aliphatic rings. The maximum absolute atomic E-state index is 11.2. The van der Waals surface area contributed by atoms with Crippen LogP contribution in [0.25, 0.3) is 10.8 Å². The molecular formula is C18H14O4. The molecule has 0 aliphatic heterocycles. The number of ether oxygens (including phenoxy) is 1. The first-order chi connectivity index (χ1) is 10.6. The van der Waals surface area contributed by atoms with Crippen molar-refractivity contribution in [2.24, 2.45) is 0 Å². The fourth-order valence-electron chi connectivity index (χ4n) is 2.32. The van der Waals surface area contributed by atoms with Gasteiger partial charge in [0.05, 0.1) is 0 Å². The van der Waals surface area contributed by atoms with E-state index in [0.29, 0.717) is 17.7 Å². The smallest absolute Gasteiger partial charge is 0.339 e. The molecular weight excluding hydrogens is 280 g/mol. The van der Waals surface area contributed by atoms with Gasteiger partial charge in [0.25, 0.3) is 0 Å². The van der Waals surface area contributed by atoms with Crippen molar-refractivity contribution in [1.82, 2.24) is 0 Å². The van der Waals surface area contributed by atoms with Gasteiger partial charge in [0.2, 0.25) is 0 Å². The fourth-order valence-corrected chi connectivity index (χ4v) is 2.32. The van der Waals surface area contributed by atoms with Crippen molar-refractivity contribution in [2.45, 2.75) is 6.61 Å². The van der Waals surface area contributed by atoms with Crippen molar-refractivity contribution >= 4 is 16.7 Å². The minimum Gasteiger partial charge on any atom is -0.507 e. The largest absolute Gasteiger partial charge is 0.507 e. The second-order valence-corrected chi connectivity index (χ2v) is 4.93. The van der Waals surface area contributed by atoms with Crippen LogP contribution in [0.3, 0.4) is 0 Å². The lowest BCUT2D eigenvalue weighted by atomic mass is 10.0. The van der Waals surface area contributed by atoms with E-state index in [4.69, 9.17) is 9.84 Å². The van der Waals surface area contributed by atoms with Crippen molar-refractivity contribution in [1.29, 1.82) is 0 Å². The van der Waals surface area contributed by atoms with Crippen molar-refractivity contribution in [3.63, 3.8) is 0 Å². The number of carboxylic acids is 1. The van der Waals surface area contributed by atoms with Crippen LogP contribution in [-0.2, 0) is 6.61 Å². The molecule has 3 aromatic carbocycles. The van der Waals surface area contributed by atoms with Gasteiger partial charge in [-0.3, -0.25) is 0 Å². The molecule has 0 amide bonds. The first-order valence-corrected chi connectivity index (χ1v) is 6.81. The summed E-state index contributed by atoms with van der Waals surface area (Å²) in [5.41, 5.74) is 0.889. The third-order valence-corrected chi connectivity index (χ3v) is 3.42. The van der Waals surface area contributed by atoms with Gasteiger partial charge in [0.1, 0.15) is 23.7 Å². The molecule has 4 nitrogen and oxygen atoms in total. The zero-order valence-electron chi connectivity index (χ0n) is 11.7. The average Bonchev–Trinajstić information content (AvgIpc) is 2.52. The van der Waals surface area contributed by atoms with Crippen LogP contribution in [0, 0.1) is 0 Å². The van der Waals surface area contributed by atoms with Crippen LogP contribution in [0.5, 0.6) is 11.5 Å². The third kappa shape index (κ3) is 2.72. The molecule has 0 unspecified atom stereocenters. The Bertz CT molecular complexity index is 825. The Morgan fingerprint density at radius 1 is 1.00 bits per heavy atom. The van der Waals surface area contributed by atoms with E-state index < -0.39 is 5.97 Å². The Kier molecular flexibility index (Phi) is 3.66. The number of carbonyl (C=O) groups is 1. The Labute approximate surface area is 127 Å². The lowest BCUT2D eigenvalue weighted by Gasteiger charge is -2.11. The topological polar surface area (TPSA) is 66.8 Å². The summed E-state index contributed by atoms with van der Waals surface area (Å²) < 4.78 is 5.81. The van der Waals surface area contributed by atoms with E-state index >= 15 is 0 Å². The standard InChI is InChI=1S/C18H14O4/c19-16-9-13-7-4-8-17(14(13)10-15(16)18(20)21)22-11-12-5-2-1-3-6-12/h1-10,19H,11H2,(H,20,21). The first kappa shape index (κ1) is 13.9. The predicted molar refractivity (Wildman–Crippen MR) is 83.3 cm³/mol. The first-order valence-electron chi connectivity index (χ1n) is 6.81. The van der Waals surface area contributed by atoms with Crippen molar-refractivity contribution < 1.29 is 19.7 Å². The Hall–Kier alpha value is -3.01. The summed E-state index contributed by atoms with van der Waals surface area (Å²) in [5, 5.41) is 20.3. The van der Waals surface area contributed by atoms with Crippen LogP contribution in [0.4, 0.5) is 0 Å². The molecule has 4 heteroatoms. The molecule has 3 aromatic rings. The maximum atomic E-state index is 11.2. The minimum atomic E-state index is -1.17. The van der Waals surface area contributed by atoms with E-state index in [1.807, 2.05) is 36.4 Å². The SMILES string of the molecule is O=C(O)c1cc2c(OCc3ccccc3)cccc2cc1O. The zero-order valence-corrected chi connectivity index (χ0v) is 11.7. The summed E-state index contributed by atoms with van der Waals surface area (Å²) in [4.78, 5) is 11.2. The van der Waals surface area contributed by atoms with Gasteiger partial charge in [-0.1, -0.05) is 42.5 Å². The Morgan fingerprint density at radius 3 is 2.50 bits per heavy atom. The summed E-state index contributed by atoms with van der Waals surface area (Å²) in [5.74, 6) is -0.832. The van der Waals surface area contributed by atoms with Crippen LogP contribution >= 0.6 is 0 Å². The van der Waals surface area contributed by atoms with Gasteiger partial charge in [-0.15, -0.1) is 0 Å². The zero-order chi connectivity index (χ0) is 15.5. The summed E-state index contributed by atoms with van der Waals surface area (Å²) in [6, 6.07) is 18.0. The van der Waals surface area contributed by atoms with Crippen molar-refractivity contribution in [3.05, 3.63) is 71.8 Å². The minimum absolute atomic E-state index is 0.136. The van der Waals surface area contributed by atoms with E-state index in [2.05, 4.69) is 0 Å². The molecule has 0 aliphatic carbocycles. The number of aromatic carboxylic acids is 1. The third-order valence-electron chi connectivity index (χ3n) is 3.42. The highest BCUT2D eigenvalue weighted by Crippen LogP contribution is 2.31. The van der Waals surface area contributed by atoms with Crippen molar-refractivity contribution in [2.75, 3.05) is 0 Å². The molecule has 0 bridgehead atoms. The lowest BCUT2D eigenvalue weighted by molar-refractivity contribution is 0.0694. The quantitative estimate of drug-likeness (QED) is 0.767. The highest BCUT2D eigenvalue weighted by atomic mass is 16.5. The average molecular weight is 294 g/mol. The predicted octanol–water partition coefficient (Wildman–Crippen LogP) is 3.82. The molecule has 0 atom stereocenters. The maximum Gasteiger partial charge on any atom is 0.339 e. The van der Waals surface area contributed by atoms with Gasteiger partial charge in [-0.2, -0.15) is 0 Å². The van der Waals surface area contributed by atoms with E-state index in [1.165, 1.54) is 12.1 Å². The Morgan fingerprint density at radius 2 is 1.77 bits per heavy atom. The Balaban J connectivity index is 1.98. The highest BCUT2D eigenvalue weighted by molar-refractivity contribution is 5.99. The van der Waals surface area contributed by atoms with Crippen molar-refractivity contribution in [3.8, 4) is 11.5 Å². The van der Waals surface area contributed by atoms with Crippen LogP contribution in [0.1, 0.15) is 15.9 Å². The number of aromatic hydroxyl groups is 1. The number of hydrogen-bond donors (Lipinski definition) is 2. The van der Waals surface area contributed by atoms with Gasteiger partial charge < -0.3 is 14.9 Å². The molecule has 0 aromatic heterocycles. The molecule has 2 N–H and O–H groups in total. The molecule has 0 saturated heterocycles. The van der Waals surface area contributed by atoms with E-state index in [0.717, 1.165) is 10.9 Å². The molecule has 0 fully saturated rings. The van der Waals surface area contributed by atoms with E-state index in [9.17, 15) is 9.90 Å². The monoisotopic (exact) mass is 294 g/mol. The van der Waals surface area contributed by atoms with E-state index in [1.54, 1.807) is 12.1 Å². The van der Waals surface area contributed by atoms with Gasteiger partial charge >= 0.3 is 5.97 Å². The molecule has 110 valence electrons. The summed E-state index contributed by atoms with van der Waals surface area (Å²) in [6.45, 7) is 0.392. The second-order valence-electron chi connectivity index (χ2n) is 4.93. The van der Waals surface area contributed by atoms with Crippen LogP contribution in [0.2, 0.25) is 0 Å². The molecule has 22 heavy (non-hydrogen) atoms. The molecule has 0 heterocycles. The molecule has 3 rings (SSSR count). The number of benzene rings is 3. The normalized spacial score (nSPS) is 10.5. The number of hydrogen-bond acceptors (Lipinski definition) is 3. The van der Waals surface area contributed by atoms with Gasteiger partial charge in [0, 0.05) is 5.39 Å². The highest BCUT2D eigenvalue weighted by Gasteiger charge is 2.13.